The zero-order chi connectivity index (χ0) is 11.5. The molecule has 0 aromatic heterocycles. The minimum Gasteiger partial charge on any atom is -0.496 e. The zero-order valence-electron chi connectivity index (χ0n) is 8.86. The van der Waals surface area contributed by atoms with Crippen LogP contribution in [0.1, 0.15) is 12.5 Å². The Morgan fingerprint density at radius 3 is 2.60 bits per heavy atom. The highest BCUT2D eigenvalue weighted by Gasteiger charge is 2.13. The summed E-state index contributed by atoms with van der Waals surface area (Å²) in [5.41, 5.74) is 0.687. The molecule has 0 spiro atoms. The van der Waals surface area contributed by atoms with Crippen LogP contribution in [0.3, 0.4) is 0 Å². The van der Waals surface area contributed by atoms with Crippen molar-refractivity contribution in [1.29, 1.82) is 0 Å². The van der Waals surface area contributed by atoms with E-state index in [2.05, 4.69) is 6.58 Å². The van der Waals surface area contributed by atoms with Crippen LogP contribution in [-0.2, 0) is 9.84 Å². The lowest BCUT2D eigenvalue weighted by Crippen LogP contribution is -2.04. The van der Waals surface area contributed by atoms with Gasteiger partial charge in [-0.2, -0.15) is 0 Å². The molecule has 82 valence electrons. The van der Waals surface area contributed by atoms with Gasteiger partial charge in [0.05, 0.1) is 17.8 Å². The zero-order valence-corrected chi connectivity index (χ0v) is 9.67. The Balaban J connectivity index is 3.32. The van der Waals surface area contributed by atoms with Gasteiger partial charge in [0, 0.05) is 5.56 Å². The van der Waals surface area contributed by atoms with Crippen LogP contribution < -0.4 is 4.74 Å². The Morgan fingerprint density at radius 1 is 1.47 bits per heavy atom. The highest BCUT2D eigenvalue weighted by molar-refractivity contribution is 7.91. The quantitative estimate of drug-likeness (QED) is 0.790. The fourth-order valence-electron chi connectivity index (χ4n) is 1.23. The summed E-state index contributed by atoms with van der Waals surface area (Å²) in [5.74, 6) is 0.718. The third kappa shape index (κ3) is 2.39. The topological polar surface area (TPSA) is 43.4 Å². The third-order valence-corrected chi connectivity index (χ3v) is 3.89. The summed E-state index contributed by atoms with van der Waals surface area (Å²) in [5, 5.41) is 0. The summed E-state index contributed by atoms with van der Waals surface area (Å²) < 4.78 is 28.3. The van der Waals surface area contributed by atoms with Crippen molar-refractivity contribution in [2.45, 2.75) is 11.8 Å². The summed E-state index contributed by atoms with van der Waals surface area (Å²) in [7, 11) is -1.62. The van der Waals surface area contributed by atoms with Gasteiger partial charge < -0.3 is 4.74 Å². The van der Waals surface area contributed by atoms with Crippen LogP contribution in [0.15, 0.2) is 29.7 Å². The van der Waals surface area contributed by atoms with Crippen molar-refractivity contribution in [2.24, 2.45) is 0 Å². The molecule has 15 heavy (non-hydrogen) atoms. The maximum atomic E-state index is 11.6. The number of rotatable bonds is 4. The van der Waals surface area contributed by atoms with Crippen LogP contribution in [0.4, 0.5) is 0 Å². The Kier molecular flexibility index (Phi) is 3.52. The fourth-order valence-corrected chi connectivity index (χ4v) is 2.15. The Morgan fingerprint density at radius 2 is 2.13 bits per heavy atom. The molecule has 0 aliphatic rings. The van der Waals surface area contributed by atoms with Crippen molar-refractivity contribution >= 4 is 15.9 Å². The first-order valence-electron chi connectivity index (χ1n) is 4.58. The maximum absolute atomic E-state index is 11.6. The van der Waals surface area contributed by atoms with Crippen LogP contribution in [0.2, 0.25) is 0 Å². The summed E-state index contributed by atoms with van der Waals surface area (Å²) >= 11 is 0. The SMILES string of the molecule is C=Cc1cc(S(=O)(=O)CC)ccc1OC. The molecular weight excluding hydrogens is 212 g/mol. The van der Waals surface area contributed by atoms with E-state index in [-0.39, 0.29) is 5.75 Å². The molecule has 0 aliphatic carbocycles. The van der Waals surface area contributed by atoms with E-state index in [1.54, 1.807) is 31.2 Å². The normalized spacial score (nSPS) is 11.1. The van der Waals surface area contributed by atoms with Crippen molar-refractivity contribution in [3.8, 4) is 5.75 Å². The van der Waals surface area contributed by atoms with Crippen LogP contribution in [-0.4, -0.2) is 21.3 Å². The van der Waals surface area contributed by atoms with E-state index < -0.39 is 9.84 Å². The number of sulfone groups is 1. The van der Waals surface area contributed by atoms with Crippen molar-refractivity contribution in [3.63, 3.8) is 0 Å². The monoisotopic (exact) mass is 226 g/mol. The molecule has 0 heterocycles. The highest BCUT2D eigenvalue weighted by Crippen LogP contribution is 2.23. The average molecular weight is 226 g/mol. The van der Waals surface area contributed by atoms with Gasteiger partial charge in [-0.05, 0) is 18.2 Å². The van der Waals surface area contributed by atoms with E-state index in [9.17, 15) is 8.42 Å². The third-order valence-electron chi connectivity index (χ3n) is 2.16. The molecular formula is C11H14O3S. The first-order chi connectivity index (χ1) is 7.05. The molecule has 1 aromatic carbocycles. The summed E-state index contributed by atoms with van der Waals surface area (Å²) in [6, 6.07) is 4.76. The Bertz CT molecular complexity index is 461. The maximum Gasteiger partial charge on any atom is 0.178 e. The largest absolute Gasteiger partial charge is 0.496 e. The molecule has 0 aliphatic heterocycles. The standard InChI is InChI=1S/C11H14O3S/c1-4-9-8-10(15(12,13)5-2)6-7-11(9)14-3/h4,6-8H,1,5H2,2-3H3. The number of hydrogen-bond acceptors (Lipinski definition) is 3. The van der Waals surface area contributed by atoms with Gasteiger partial charge in [0.25, 0.3) is 0 Å². The van der Waals surface area contributed by atoms with Gasteiger partial charge in [-0.25, -0.2) is 8.42 Å². The van der Waals surface area contributed by atoms with Crippen molar-refractivity contribution < 1.29 is 13.2 Å². The van der Waals surface area contributed by atoms with Gasteiger partial charge >= 0.3 is 0 Å². The second kappa shape index (κ2) is 4.49. The molecule has 0 fully saturated rings. The number of benzene rings is 1. The summed E-state index contributed by atoms with van der Waals surface area (Å²) in [4.78, 5) is 0.306. The molecule has 0 bridgehead atoms. The van der Waals surface area contributed by atoms with E-state index in [1.165, 1.54) is 7.11 Å². The van der Waals surface area contributed by atoms with Gasteiger partial charge in [-0.15, -0.1) is 0 Å². The smallest absolute Gasteiger partial charge is 0.178 e. The molecule has 3 nitrogen and oxygen atoms in total. The molecule has 0 saturated carbocycles. The van der Waals surface area contributed by atoms with Crippen LogP contribution in [0, 0.1) is 0 Å². The first-order valence-corrected chi connectivity index (χ1v) is 6.23. The molecule has 0 unspecified atom stereocenters. The summed E-state index contributed by atoms with van der Waals surface area (Å²) in [6.45, 7) is 5.23. The first kappa shape index (κ1) is 11.8. The minimum absolute atomic E-state index is 0.0932. The molecule has 4 heteroatoms. The number of hydrogen-bond donors (Lipinski definition) is 0. The molecule has 0 saturated heterocycles. The van der Waals surface area contributed by atoms with Crippen molar-refractivity contribution in [1.82, 2.24) is 0 Å². The van der Waals surface area contributed by atoms with Crippen LogP contribution >= 0.6 is 0 Å². The second-order valence-electron chi connectivity index (χ2n) is 3.01. The van der Waals surface area contributed by atoms with Gasteiger partial charge in [0.2, 0.25) is 0 Å². The predicted octanol–water partition coefficient (Wildman–Crippen LogP) is 2.13. The predicted molar refractivity (Wildman–Crippen MR) is 60.8 cm³/mol. The molecule has 0 atom stereocenters. The van der Waals surface area contributed by atoms with Gasteiger partial charge in [-0.3, -0.25) is 0 Å². The van der Waals surface area contributed by atoms with Crippen molar-refractivity contribution in [3.05, 3.63) is 30.3 Å². The molecule has 1 aromatic rings. The molecule has 0 radical (unpaired) electrons. The van der Waals surface area contributed by atoms with Crippen LogP contribution in [0.25, 0.3) is 6.08 Å². The van der Waals surface area contributed by atoms with E-state index in [4.69, 9.17) is 4.74 Å². The average Bonchev–Trinajstić information content (AvgIpc) is 2.28. The highest BCUT2D eigenvalue weighted by atomic mass is 32.2. The fraction of sp³-hybridized carbons (Fsp3) is 0.273. The van der Waals surface area contributed by atoms with E-state index >= 15 is 0 Å². The van der Waals surface area contributed by atoms with Gasteiger partial charge in [0.1, 0.15) is 5.75 Å². The lowest BCUT2D eigenvalue weighted by atomic mass is 10.2. The summed E-state index contributed by atoms with van der Waals surface area (Å²) in [6.07, 6.45) is 1.58. The lowest BCUT2D eigenvalue weighted by molar-refractivity contribution is 0.413. The van der Waals surface area contributed by atoms with E-state index in [0.717, 1.165) is 0 Å². The van der Waals surface area contributed by atoms with E-state index in [0.29, 0.717) is 16.2 Å². The number of ether oxygens (including phenoxy) is 1. The molecule has 0 N–H and O–H groups in total. The van der Waals surface area contributed by atoms with E-state index in [1.807, 2.05) is 0 Å². The molecule has 1 rings (SSSR count). The molecule has 0 amide bonds. The Hall–Kier alpha value is -1.29. The van der Waals surface area contributed by atoms with Gasteiger partial charge in [0.15, 0.2) is 9.84 Å². The van der Waals surface area contributed by atoms with Crippen molar-refractivity contribution in [2.75, 3.05) is 12.9 Å². The number of methoxy groups -OCH3 is 1. The lowest BCUT2D eigenvalue weighted by Gasteiger charge is -2.07. The minimum atomic E-state index is -3.16. The second-order valence-corrected chi connectivity index (χ2v) is 5.29. The van der Waals surface area contributed by atoms with Crippen LogP contribution in [0.5, 0.6) is 5.75 Å². The Labute approximate surface area is 90.3 Å². The van der Waals surface area contributed by atoms with Gasteiger partial charge in [-0.1, -0.05) is 19.6 Å².